The summed E-state index contributed by atoms with van der Waals surface area (Å²) in [5, 5.41) is 6.27. The zero-order valence-electron chi connectivity index (χ0n) is 16.0. The molecule has 0 bridgehead atoms. The highest BCUT2D eigenvalue weighted by Crippen LogP contribution is 2.28. The Bertz CT molecular complexity index is 967. The highest BCUT2D eigenvalue weighted by Gasteiger charge is 2.10. The standard InChI is InChI=1S/C21H23N3O3S/c1-3-5-19(25)24-21-23-17-11-8-15(13-18(17)28-21)22-20(26)14-6-9-16(10-7-14)27-12-4-2/h6-11,13H,3-5,12H2,1-2H3,(H,22,26)(H,23,24,25). The summed E-state index contributed by atoms with van der Waals surface area (Å²) in [5.74, 6) is 0.519. The van der Waals surface area contributed by atoms with Crippen molar-refractivity contribution in [3.05, 3.63) is 48.0 Å². The van der Waals surface area contributed by atoms with E-state index in [9.17, 15) is 9.59 Å². The minimum absolute atomic E-state index is 0.0403. The molecule has 3 rings (SSSR count). The van der Waals surface area contributed by atoms with E-state index in [0.717, 1.165) is 28.8 Å². The minimum Gasteiger partial charge on any atom is -0.494 e. The van der Waals surface area contributed by atoms with E-state index in [1.165, 1.54) is 11.3 Å². The first-order valence-electron chi connectivity index (χ1n) is 9.33. The number of anilines is 2. The molecule has 6 nitrogen and oxygen atoms in total. The van der Waals surface area contributed by atoms with Gasteiger partial charge in [-0.2, -0.15) is 0 Å². The fourth-order valence-electron chi connectivity index (χ4n) is 2.59. The van der Waals surface area contributed by atoms with Crippen molar-refractivity contribution < 1.29 is 14.3 Å². The molecule has 2 N–H and O–H groups in total. The monoisotopic (exact) mass is 397 g/mol. The number of fused-ring (bicyclic) bond motifs is 1. The van der Waals surface area contributed by atoms with Crippen LogP contribution in [0.15, 0.2) is 42.5 Å². The van der Waals surface area contributed by atoms with E-state index in [0.29, 0.717) is 29.4 Å². The summed E-state index contributed by atoms with van der Waals surface area (Å²) >= 11 is 1.39. The maximum absolute atomic E-state index is 12.5. The van der Waals surface area contributed by atoms with Crippen molar-refractivity contribution in [2.45, 2.75) is 33.1 Å². The first kappa shape index (κ1) is 19.8. The summed E-state index contributed by atoms with van der Waals surface area (Å²) in [4.78, 5) is 28.6. The smallest absolute Gasteiger partial charge is 0.255 e. The number of ether oxygens (including phenoxy) is 1. The van der Waals surface area contributed by atoms with Crippen molar-refractivity contribution in [2.75, 3.05) is 17.2 Å². The summed E-state index contributed by atoms with van der Waals surface area (Å²) in [7, 11) is 0. The van der Waals surface area contributed by atoms with Crippen LogP contribution in [-0.4, -0.2) is 23.4 Å². The molecular weight excluding hydrogens is 374 g/mol. The van der Waals surface area contributed by atoms with E-state index in [1.807, 2.05) is 26.0 Å². The van der Waals surface area contributed by atoms with Crippen LogP contribution in [0.3, 0.4) is 0 Å². The van der Waals surface area contributed by atoms with E-state index in [-0.39, 0.29) is 11.8 Å². The first-order valence-corrected chi connectivity index (χ1v) is 10.2. The second-order valence-corrected chi connectivity index (χ2v) is 7.36. The van der Waals surface area contributed by atoms with Gasteiger partial charge < -0.3 is 15.4 Å². The Morgan fingerprint density at radius 2 is 1.82 bits per heavy atom. The lowest BCUT2D eigenvalue weighted by atomic mass is 10.2. The highest BCUT2D eigenvalue weighted by molar-refractivity contribution is 7.22. The molecule has 0 atom stereocenters. The predicted molar refractivity (Wildman–Crippen MR) is 113 cm³/mol. The summed E-state index contributed by atoms with van der Waals surface area (Å²) in [6, 6.07) is 12.6. The van der Waals surface area contributed by atoms with E-state index in [1.54, 1.807) is 30.3 Å². The highest BCUT2D eigenvalue weighted by atomic mass is 32.1. The number of aromatic nitrogens is 1. The lowest BCUT2D eigenvalue weighted by molar-refractivity contribution is -0.116. The number of nitrogens with one attached hydrogen (secondary N) is 2. The molecule has 0 saturated carbocycles. The molecule has 0 aliphatic carbocycles. The third-order valence-electron chi connectivity index (χ3n) is 3.96. The molecule has 0 saturated heterocycles. The Morgan fingerprint density at radius 3 is 2.54 bits per heavy atom. The Hall–Kier alpha value is -2.93. The van der Waals surface area contributed by atoms with E-state index in [2.05, 4.69) is 15.6 Å². The molecule has 0 aliphatic rings. The lowest BCUT2D eigenvalue weighted by Gasteiger charge is -2.07. The van der Waals surface area contributed by atoms with Crippen molar-refractivity contribution in [2.24, 2.45) is 0 Å². The van der Waals surface area contributed by atoms with Crippen LogP contribution in [0.25, 0.3) is 10.2 Å². The van der Waals surface area contributed by atoms with Gasteiger partial charge in [0.25, 0.3) is 5.91 Å². The van der Waals surface area contributed by atoms with Gasteiger partial charge in [-0.15, -0.1) is 0 Å². The number of thiazole rings is 1. The van der Waals surface area contributed by atoms with Crippen LogP contribution in [0.5, 0.6) is 5.75 Å². The van der Waals surface area contributed by atoms with Gasteiger partial charge in [0.1, 0.15) is 5.75 Å². The van der Waals surface area contributed by atoms with Crippen LogP contribution in [-0.2, 0) is 4.79 Å². The van der Waals surface area contributed by atoms with Crippen LogP contribution < -0.4 is 15.4 Å². The molecule has 146 valence electrons. The minimum atomic E-state index is -0.192. The molecule has 1 heterocycles. The number of benzene rings is 2. The fraction of sp³-hybridized carbons (Fsp3) is 0.286. The SMILES string of the molecule is CCCOc1ccc(C(=O)Nc2ccc3nc(NC(=O)CCC)sc3c2)cc1. The molecule has 2 amide bonds. The molecule has 0 spiro atoms. The van der Waals surface area contributed by atoms with Gasteiger partial charge in [0, 0.05) is 17.7 Å². The average molecular weight is 398 g/mol. The number of amides is 2. The Labute approximate surface area is 167 Å². The quantitative estimate of drug-likeness (QED) is 0.556. The molecule has 0 radical (unpaired) electrons. The second kappa shape index (κ2) is 9.32. The van der Waals surface area contributed by atoms with Gasteiger partial charge in [0.2, 0.25) is 5.91 Å². The molecule has 7 heteroatoms. The molecule has 0 unspecified atom stereocenters. The zero-order chi connectivity index (χ0) is 19.9. The molecule has 2 aromatic carbocycles. The molecule has 3 aromatic rings. The first-order chi connectivity index (χ1) is 13.6. The van der Waals surface area contributed by atoms with Gasteiger partial charge in [-0.05, 0) is 55.3 Å². The summed E-state index contributed by atoms with van der Waals surface area (Å²) < 4.78 is 6.43. The number of carbonyl (C=O) groups is 2. The molecular formula is C21H23N3O3S. The van der Waals surface area contributed by atoms with Crippen molar-refractivity contribution in [1.82, 2.24) is 4.98 Å². The van der Waals surface area contributed by atoms with Crippen LogP contribution >= 0.6 is 11.3 Å². The molecule has 28 heavy (non-hydrogen) atoms. The van der Waals surface area contributed by atoms with Gasteiger partial charge >= 0.3 is 0 Å². The number of hydrogen-bond donors (Lipinski definition) is 2. The maximum Gasteiger partial charge on any atom is 0.255 e. The number of rotatable bonds is 8. The number of nitrogens with zero attached hydrogens (tertiary/aromatic N) is 1. The lowest BCUT2D eigenvalue weighted by Crippen LogP contribution is -2.11. The van der Waals surface area contributed by atoms with Crippen LogP contribution in [0.4, 0.5) is 10.8 Å². The topological polar surface area (TPSA) is 80.3 Å². The Kier molecular flexibility index (Phi) is 6.60. The normalized spacial score (nSPS) is 10.6. The maximum atomic E-state index is 12.5. The zero-order valence-corrected chi connectivity index (χ0v) is 16.8. The molecule has 1 aromatic heterocycles. The van der Waals surface area contributed by atoms with Gasteiger partial charge in [-0.3, -0.25) is 9.59 Å². The van der Waals surface area contributed by atoms with Crippen molar-refractivity contribution >= 4 is 44.2 Å². The third kappa shape index (κ3) is 5.07. The Balaban J connectivity index is 1.68. The van der Waals surface area contributed by atoms with E-state index in [4.69, 9.17) is 4.74 Å². The fourth-order valence-corrected chi connectivity index (χ4v) is 3.51. The molecule has 0 fully saturated rings. The largest absolute Gasteiger partial charge is 0.494 e. The number of hydrogen-bond acceptors (Lipinski definition) is 5. The van der Waals surface area contributed by atoms with Gasteiger partial charge in [0.05, 0.1) is 16.8 Å². The molecule has 0 aliphatic heterocycles. The summed E-state index contributed by atoms with van der Waals surface area (Å²) in [5.41, 5.74) is 2.02. The third-order valence-corrected chi connectivity index (χ3v) is 4.89. The van der Waals surface area contributed by atoms with Crippen molar-refractivity contribution in [3.63, 3.8) is 0 Å². The van der Waals surface area contributed by atoms with Gasteiger partial charge in [-0.1, -0.05) is 25.2 Å². The van der Waals surface area contributed by atoms with E-state index < -0.39 is 0 Å². The Morgan fingerprint density at radius 1 is 1.04 bits per heavy atom. The predicted octanol–water partition coefficient (Wildman–Crippen LogP) is 5.08. The second-order valence-electron chi connectivity index (χ2n) is 6.33. The summed E-state index contributed by atoms with van der Waals surface area (Å²) in [6.45, 7) is 4.66. The van der Waals surface area contributed by atoms with Crippen molar-refractivity contribution in [1.29, 1.82) is 0 Å². The van der Waals surface area contributed by atoms with Gasteiger partial charge in [-0.25, -0.2) is 4.98 Å². The summed E-state index contributed by atoms with van der Waals surface area (Å²) in [6.07, 6.45) is 2.20. The van der Waals surface area contributed by atoms with E-state index >= 15 is 0 Å². The van der Waals surface area contributed by atoms with Crippen LogP contribution in [0, 0.1) is 0 Å². The van der Waals surface area contributed by atoms with Crippen LogP contribution in [0.1, 0.15) is 43.5 Å². The van der Waals surface area contributed by atoms with Crippen molar-refractivity contribution in [3.8, 4) is 5.75 Å². The van der Waals surface area contributed by atoms with Crippen LogP contribution in [0.2, 0.25) is 0 Å². The average Bonchev–Trinajstić information content (AvgIpc) is 3.08. The van der Waals surface area contributed by atoms with Gasteiger partial charge in [0.15, 0.2) is 5.13 Å². The number of carbonyl (C=O) groups excluding carboxylic acids is 2.